The van der Waals surface area contributed by atoms with Gasteiger partial charge in [0.15, 0.2) is 0 Å². The number of aromatic nitrogens is 2. The minimum atomic E-state index is 0.0710. The largest absolute Gasteiger partial charge is 0.376 e. The van der Waals surface area contributed by atoms with Crippen LogP contribution in [-0.4, -0.2) is 71.6 Å². The number of aromatic amines is 1. The summed E-state index contributed by atoms with van der Waals surface area (Å²) < 4.78 is 6.04. The maximum absolute atomic E-state index is 12.5. The lowest BCUT2D eigenvalue weighted by atomic mass is 9.76. The first-order valence-corrected chi connectivity index (χ1v) is 8.62. The molecule has 6 heteroatoms. The lowest BCUT2D eigenvalue weighted by Gasteiger charge is -2.38. The highest BCUT2D eigenvalue weighted by Gasteiger charge is 2.43. The van der Waals surface area contributed by atoms with Crippen LogP contribution in [0, 0.1) is 12.3 Å². The van der Waals surface area contributed by atoms with E-state index < -0.39 is 0 Å². The number of piperidine rings is 1. The standard InChI is InChI=1S/C17H28N4O2/c1-4-20(3)11-14-9-17(12-23-14)5-7-21(8-6-17)16(22)15-10-18-13(2)19-15/h10,14H,4-9,11-12H2,1-3H3,(H,18,19)/t14-/m0/s1. The summed E-state index contributed by atoms with van der Waals surface area (Å²) in [4.78, 5) is 23.9. The number of imidazole rings is 1. The van der Waals surface area contributed by atoms with Crippen molar-refractivity contribution in [2.75, 3.05) is 39.8 Å². The summed E-state index contributed by atoms with van der Waals surface area (Å²) in [6, 6.07) is 0. The molecule has 0 aliphatic carbocycles. The van der Waals surface area contributed by atoms with Gasteiger partial charge in [0, 0.05) is 19.6 Å². The van der Waals surface area contributed by atoms with Crippen molar-refractivity contribution in [1.29, 1.82) is 0 Å². The van der Waals surface area contributed by atoms with Crippen LogP contribution in [0.5, 0.6) is 0 Å². The topological polar surface area (TPSA) is 61.5 Å². The zero-order valence-electron chi connectivity index (χ0n) is 14.5. The second-order valence-corrected chi connectivity index (χ2v) is 7.17. The Kier molecular flexibility index (Phi) is 4.73. The van der Waals surface area contributed by atoms with Gasteiger partial charge in [0.05, 0.1) is 18.9 Å². The van der Waals surface area contributed by atoms with E-state index >= 15 is 0 Å². The summed E-state index contributed by atoms with van der Waals surface area (Å²) in [5, 5.41) is 0. The Labute approximate surface area is 138 Å². The Morgan fingerprint density at radius 3 is 2.87 bits per heavy atom. The van der Waals surface area contributed by atoms with Crippen LogP contribution < -0.4 is 0 Å². The average Bonchev–Trinajstić information content (AvgIpc) is 3.14. The van der Waals surface area contributed by atoms with Gasteiger partial charge in [-0.25, -0.2) is 4.98 Å². The Hall–Kier alpha value is -1.40. The third kappa shape index (κ3) is 3.58. The molecule has 1 spiro atoms. The molecule has 0 bridgehead atoms. The molecule has 1 atom stereocenters. The predicted molar refractivity (Wildman–Crippen MR) is 88.4 cm³/mol. The summed E-state index contributed by atoms with van der Waals surface area (Å²) in [6.07, 6.45) is 5.19. The highest BCUT2D eigenvalue weighted by molar-refractivity contribution is 5.92. The first kappa shape index (κ1) is 16.5. The zero-order chi connectivity index (χ0) is 16.4. The molecule has 1 amide bonds. The first-order chi connectivity index (χ1) is 11.0. The second-order valence-electron chi connectivity index (χ2n) is 7.17. The monoisotopic (exact) mass is 320 g/mol. The molecule has 2 aliphatic rings. The fourth-order valence-electron chi connectivity index (χ4n) is 3.72. The lowest BCUT2D eigenvalue weighted by molar-refractivity contribution is 0.0460. The number of amides is 1. The molecule has 0 aromatic carbocycles. The number of hydrogen-bond donors (Lipinski definition) is 1. The molecule has 0 unspecified atom stereocenters. The SMILES string of the molecule is CCN(C)C[C@@H]1CC2(CCN(C(=O)c3cnc(C)[nH]3)CC2)CO1. The maximum Gasteiger partial charge on any atom is 0.271 e. The number of nitrogens with one attached hydrogen (secondary N) is 1. The number of aryl methyl sites for hydroxylation is 1. The molecule has 0 radical (unpaired) electrons. The van der Waals surface area contributed by atoms with E-state index in [1.165, 1.54) is 0 Å². The first-order valence-electron chi connectivity index (χ1n) is 8.62. The molecule has 1 N–H and O–H groups in total. The van der Waals surface area contributed by atoms with E-state index in [1.54, 1.807) is 6.20 Å². The summed E-state index contributed by atoms with van der Waals surface area (Å²) >= 11 is 0. The van der Waals surface area contributed by atoms with Gasteiger partial charge in [-0.2, -0.15) is 0 Å². The summed E-state index contributed by atoms with van der Waals surface area (Å²) in [7, 11) is 2.14. The Bertz CT molecular complexity index is 549. The molecule has 0 saturated carbocycles. The van der Waals surface area contributed by atoms with Crippen molar-refractivity contribution in [1.82, 2.24) is 19.8 Å². The minimum Gasteiger partial charge on any atom is -0.376 e. The number of rotatable bonds is 4. The summed E-state index contributed by atoms with van der Waals surface area (Å²) in [6.45, 7) is 8.58. The van der Waals surface area contributed by atoms with Crippen LogP contribution in [0.4, 0.5) is 0 Å². The van der Waals surface area contributed by atoms with Crippen LogP contribution in [0.2, 0.25) is 0 Å². The normalized spacial score (nSPS) is 23.8. The molecule has 6 nitrogen and oxygen atoms in total. The van der Waals surface area contributed by atoms with Gasteiger partial charge in [-0.15, -0.1) is 0 Å². The van der Waals surface area contributed by atoms with Gasteiger partial charge in [-0.1, -0.05) is 6.92 Å². The zero-order valence-corrected chi connectivity index (χ0v) is 14.5. The van der Waals surface area contributed by atoms with Crippen molar-refractivity contribution in [3.63, 3.8) is 0 Å². The van der Waals surface area contributed by atoms with Gasteiger partial charge >= 0.3 is 0 Å². The van der Waals surface area contributed by atoms with Crippen molar-refractivity contribution < 1.29 is 9.53 Å². The number of H-pyrrole nitrogens is 1. The van der Waals surface area contributed by atoms with Gasteiger partial charge in [-0.05, 0) is 45.2 Å². The third-order valence-corrected chi connectivity index (χ3v) is 5.39. The molecule has 128 valence electrons. The molecule has 2 aliphatic heterocycles. The fraction of sp³-hybridized carbons (Fsp3) is 0.765. The lowest BCUT2D eigenvalue weighted by Crippen LogP contribution is -2.43. The van der Waals surface area contributed by atoms with E-state index in [2.05, 4.69) is 28.8 Å². The Balaban J connectivity index is 1.53. The molecular formula is C17H28N4O2. The molecule has 23 heavy (non-hydrogen) atoms. The highest BCUT2D eigenvalue weighted by atomic mass is 16.5. The van der Waals surface area contributed by atoms with E-state index in [9.17, 15) is 4.79 Å². The molecule has 1 aromatic heterocycles. The quantitative estimate of drug-likeness (QED) is 0.917. The van der Waals surface area contributed by atoms with Crippen molar-refractivity contribution in [2.45, 2.75) is 39.2 Å². The van der Waals surface area contributed by atoms with Crippen LogP contribution >= 0.6 is 0 Å². The van der Waals surface area contributed by atoms with E-state index in [1.807, 2.05) is 11.8 Å². The molecule has 3 rings (SSSR count). The number of likely N-dealkylation sites (N-methyl/N-ethyl adjacent to an activating group) is 1. The van der Waals surface area contributed by atoms with E-state index in [4.69, 9.17) is 4.74 Å². The summed E-state index contributed by atoms with van der Waals surface area (Å²) in [5.41, 5.74) is 0.878. The van der Waals surface area contributed by atoms with Crippen LogP contribution in [0.15, 0.2) is 6.20 Å². The molecule has 1 aromatic rings. The summed E-state index contributed by atoms with van der Waals surface area (Å²) in [5.74, 6) is 0.857. The van der Waals surface area contributed by atoms with Crippen LogP contribution in [-0.2, 0) is 4.74 Å². The van der Waals surface area contributed by atoms with Gasteiger partial charge in [0.2, 0.25) is 0 Å². The maximum atomic E-state index is 12.5. The predicted octanol–water partition coefficient (Wildman–Crippen LogP) is 1.68. The number of carbonyl (C=O) groups is 1. The van der Waals surface area contributed by atoms with E-state index in [0.717, 1.165) is 57.9 Å². The van der Waals surface area contributed by atoms with Crippen LogP contribution in [0.25, 0.3) is 0 Å². The number of nitrogens with zero attached hydrogens (tertiary/aromatic N) is 3. The fourth-order valence-corrected chi connectivity index (χ4v) is 3.72. The molecule has 3 heterocycles. The number of hydrogen-bond acceptors (Lipinski definition) is 4. The van der Waals surface area contributed by atoms with Crippen molar-refractivity contribution in [3.05, 3.63) is 17.7 Å². The third-order valence-electron chi connectivity index (χ3n) is 5.39. The average molecular weight is 320 g/mol. The van der Waals surface area contributed by atoms with Crippen molar-refractivity contribution in [2.24, 2.45) is 5.41 Å². The van der Waals surface area contributed by atoms with E-state index in [-0.39, 0.29) is 11.3 Å². The Morgan fingerprint density at radius 2 is 2.26 bits per heavy atom. The Morgan fingerprint density at radius 1 is 1.52 bits per heavy atom. The van der Waals surface area contributed by atoms with Crippen molar-refractivity contribution >= 4 is 5.91 Å². The molecule has 2 saturated heterocycles. The van der Waals surface area contributed by atoms with E-state index in [0.29, 0.717) is 11.8 Å². The van der Waals surface area contributed by atoms with Crippen molar-refractivity contribution in [3.8, 4) is 0 Å². The highest BCUT2D eigenvalue weighted by Crippen LogP contribution is 2.42. The number of ether oxygens (including phenoxy) is 1. The number of carbonyl (C=O) groups excluding carboxylic acids is 1. The minimum absolute atomic E-state index is 0.0710. The second kappa shape index (κ2) is 6.61. The molecular weight excluding hydrogens is 292 g/mol. The van der Waals surface area contributed by atoms with Gasteiger partial charge in [0.25, 0.3) is 5.91 Å². The smallest absolute Gasteiger partial charge is 0.271 e. The van der Waals surface area contributed by atoms with Crippen LogP contribution in [0.1, 0.15) is 42.5 Å². The van der Waals surface area contributed by atoms with Crippen LogP contribution in [0.3, 0.4) is 0 Å². The number of likely N-dealkylation sites (tertiary alicyclic amines) is 1. The van der Waals surface area contributed by atoms with Gasteiger partial charge in [-0.3, -0.25) is 4.79 Å². The van der Waals surface area contributed by atoms with Gasteiger partial charge in [0.1, 0.15) is 11.5 Å². The van der Waals surface area contributed by atoms with Gasteiger partial charge < -0.3 is 19.5 Å². The molecule has 2 fully saturated rings.